The smallest absolute Gasteiger partial charge is 0.306 e. The van der Waals surface area contributed by atoms with Crippen molar-refractivity contribution < 1.29 is 49.0 Å². The van der Waals surface area contributed by atoms with Gasteiger partial charge in [0.2, 0.25) is 0 Å². The van der Waals surface area contributed by atoms with Gasteiger partial charge in [0, 0.05) is 12.8 Å². The number of aliphatic hydroxyl groups excluding tert-OH is 4. The average Bonchev–Trinajstić information content (AvgIpc) is 3.18. The van der Waals surface area contributed by atoms with Crippen LogP contribution in [0.5, 0.6) is 0 Å². The Hall–Kier alpha value is -2.34. The van der Waals surface area contributed by atoms with Crippen molar-refractivity contribution in [3.63, 3.8) is 0 Å². The van der Waals surface area contributed by atoms with Gasteiger partial charge in [-0.15, -0.1) is 0 Å². The summed E-state index contributed by atoms with van der Waals surface area (Å²) < 4.78 is 22.1. The van der Waals surface area contributed by atoms with Crippen molar-refractivity contribution in [3.05, 3.63) is 48.6 Å². The molecule has 1 rings (SSSR count). The Morgan fingerprint density at radius 1 is 0.582 bits per heavy atom. The Balaban J connectivity index is 2.30. The molecular weight excluding hydrogens is 700 g/mol. The Labute approximate surface area is 333 Å². The minimum Gasteiger partial charge on any atom is -0.462 e. The van der Waals surface area contributed by atoms with Gasteiger partial charge in [0.1, 0.15) is 31.0 Å². The van der Waals surface area contributed by atoms with Gasteiger partial charge in [0.15, 0.2) is 12.4 Å². The molecule has 0 amide bonds. The molecule has 318 valence electrons. The van der Waals surface area contributed by atoms with Crippen molar-refractivity contribution in [2.24, 2.45) is 0 Å². The molecule has 0 aromatic rings. The molecule has 0 saturated carbocycles. The molecule has 1 aliphatic rings. The number of unbranched alkanes of at least 4 members (excludes halogenated alkanes) is 16. The Morgan fingerprint density at radius 3 is 1.62 bits per heavy atom. The first-order valence-corrected chi connectivity index (χ1v) is 21.7. The number of ether oxygens (including phenoxy) is 4. The maximum absolute atomic E-state index is 12.7. The standard InChI is InChI=1S/C45H78O10/c1-3-5-7-9-11-13-14-15-16-17-18-19-20-21-22-23-24-26-28-30-32-34-41(48)54-38(37-53-45-44(51)43(50)42(49)39(35-46)55-45)36-52-40(47)33-31-29-27-25-12-10-8-6-4-2/h5,7,11,13,15-16,18-19,38-39,42-46,49-51H,3-4,6,8-10,12,14,17,20-37H2,1-2H3/b7-5-,13-11-,16-15-,19-18-. The zero-order chi connectivity index (χ0) is 40.2. The summed E-state index contributed by atoms with van der Waals surface area (Å²) in [6.07, 6.45) is 34.1. The molecule has 6 atom stereocenters. The molecule has 0 spiro atoms. The van der Waals surface area contributed by atoms with Crippen LogP contribution in [0.4, 0.5) is 0 Å². The highest BCUT2D eigenvalue weighted by Gasteiger charge is 2.44. The molecule has 0 aromatic heterocycles. The largest absolute Gasteiger partial charge is 0.462 e. The second kappa shape index (κ2) is 36.0. The fraction of sp³-hybridized carbons (Fsp3) is 0.778. The van der Waals surface area contributed by atoms with Crippen LogP contribution in [0.3, 0.4) is 0 Å². The number of carbonyl (C=O) groups excluding carboxylic acids is 2. The molecule has 10 heteroatoms. The SMILES string of the molecule is CC/C=C\C/C=C\C/C=C\C/C=C\CCCCCCCCCCC(=O)OC(COC(=O)CCCCCCCCCCC)COC1OC(CO)C(O)C(O)C1O. The predicted molar refractivity (Wildman–Crippen MR) is 219 cm³/mol. The quantitative estimate of drug-likeness (QED) is 0.0279. The number of rotatable bonds is 35. The highest BCUT2D eigenvalue weighted by atomic mass is 16.7. The van der Waals surface area contributed by atoms with E-state index in [-0.39, 0.29) is 32.0 Å². The van der Waals surface area contributed by atoms with E-state index in [1.807, 2.05) is 0 Å². The third kappa shape index (κ3) is 27.8. The molecule has 4 N–H and O–H groups in total. The second-order valence-corrected chi connectivity index (χ2v) is 14.8. The molecule has 1 aliphatic heterocycles. The highest BCUT2D eigenvalue weighted by molar-refractivity contribution is 5.70. The summed E-state index contributed by atoms with van der Waals surface area (Å²) >= 11 is 0. The van der Waals surface area contributed by atoms with Gasteiger partial charge < -0.3 is 39.4 Å². The number of hydrogen-bond donors (Lipinski definition) is 4. The lowest BCUT2D eigenvalue weighted by Crippen LogP contribution is -2.59. The van der Waals surface area contributed by atoms with E-state index in [4.69, 9.17) is 18.9 Å². The first-order valence-electron chi connectivity index (χ1n) is 21.7. The molecule has 0 aromatic carbocycles. The topological polar surface area (TPSA) is 152 Å². The summed E-state index contributed by atoms with van der Waals surface area (Å²) in [5, 5.41) is 40.0. The molecule has 6 unspecified atom stereocenters. The lowest BCUT2D eigenvalue weighted by molar-refractivity contribution is -0.305. The number of carbonyl (C=O) groups is 2. The lowest BCUT2D eigenvalue weighted by Gasteiger charge is -2.39. The van der Waals surface area contributed by atoms with Crippen LogP contribution in [0, 0.1) is 0 Å². The summed E-state index contributed by atoms with van der Waals surface area (Å²) in [5.41, 5.74) is 0. The van der Waals surface area contributed by atoms with E-state index in [0.717, 1.165) is 70.6 Å². The zero-order valence-electron chi connectivity index (χ0n) is 34.4. The molecule has 1 heterocycles. The van der Waals surface area contributed by atoms with Crippen LogP contribution in [-0.4, -0.2) is 89.0 Å². The fourth-order valence-electron chi connectivity index (χ4n) is 6.30. The van der Waals surface area contributed by atoms with Crippen LogP contribution in [0.1, 0.15) is 168 Å². The fourth-order valence-corrected chi connectivity index (χ4v) is 6.30. The number of hydrogen-bond acceptors (Lipinski definition) is 10. The predicted octanol–water partition coefficient (Wildman–Crippen LogP) is 8.88. The van der Waals surface area contributed by atoms with Crippen molar-refractivity contribution >= 4 is 11.9 Å². The van der Waals surface area contributed by atoms with Crippen LogP contribution < -0.4 is 0 Å². The van der Waals surface area contributed by atoms with Crippen LogP contribution in [-0.2, 0) is 28.5 Å². The lowest BCUT2D eigenvalue weighted by atomic mass is 9.99. The molecule has 55 heavy (non-hydrogen) atoms. The van der Waals surface area contributed by atoms with Gasteiger partial charge in [-0.1, -0.05) is 152 Å². The molecule has 10 nitrogen and oxygen atoms in total. The van der Waals surface area contributed by atoms with Gasteiger partial charge >= 0.3 is 11.9 Å². The number of esters is 2. The van der Waals surface area contributed by atoms with E-state index in [0.29, 0.717) is 6.42 Å². The molecule has 1 fully saturated rings. The second-order valence-electron chi connectivity index (χ2n) is 14.8. The number of allylic oxidation sites excluding steroid dienone is 8. The van der Waals surface area contributed by atoms with E-state index in [1.54, 1.807) is 0 Å². The summed E-state index contributed by atoms with van der Waals surface area (Å²) in [5.74, 6) is -0.820. The third-order valence-electron chi connectivity index (χ3n) is 9.73. The van der Waals surface area contributed by atoms with Gasteiger partial charge in [-0.2, -0.15) is 0 Å². The van der Waals surface area contributed by atoms with Crippen LogP contribution in [0.2, 0.25) is 0 Å². The van der Waals surface area contributed by atoms with Gasteiger partial charge in [-0.25, -0.2) is 0 Å². The highest BCUT2D eigenvalue weighted by Crippen LogP contribution is 2.22. The van der Waals surface area contributed by atoms with E-state index in [9.17, 15) is 30.0 Å². The van der Waals surface area contributed by atoms with E-state index in [1.165, 1.54) is 64.2 Å². The summed E-state index contributed by atoms with van der Waals surface area (Å²) in [4.78, 5) is 25.2. The van der Waals surface area contributed by atoms with Crippen molar-refractivity contribution in [1.82, 2.24) is 0 Å². The maximum Gasteiger partial charge on any atom is 0.306 e. The molecule has 0 aliphatic carbocycles. The van der Waals surface area contributed by atoms with Gasteiger partial charge in [0.25, 0.3) is 0 Å². The average molecular weight is 779 g/mol. The van der Waals surface area contributed by atoms with Crippen LogP contribution in [0.25, 0.3) is 0 Å². The first-order chi connectivity index (χ1) is 26.8. The van der Waals surface area contributed by atoms with Gasteiger partial charge in [0.05, 0.1) is 13.2 Å². The molecular formula is C45H78O10. The van der Waals surface area contributed by atoms with E-state index < -0.39 is 49.4 Å². The molecule has 0 bridgehead atoms. The molecule has 1 saturated heterocycles. The third-order valence-corrected chi connectivity index (χ3v) is 9.73. The summed E-state index contributed by atoms with van der Waals surface area (Å²) in [6.45, 7) is 3.27. The van der Waals surface area contributed by atoms with Gasteiger partial charge in [-0.05, 0) is 51.4 Å². The van der Waals surface area contributed by atoms with Crippen molar-refractivity contribution in [2.75, 3.05) is 19.8 Å². The minimum atomic E-state index is -1.60. The van der Waals surface area contributed by atoms with Crippen molar-refractivity contribution in [3.8, 4) is 0 Å². The van der Waals surface area contributed by atoms with E-state index >= 15 is 0 Å². The van der Waals surface area contributed by atoms with E-state index in [2.05, 4.69) is 62.5 Å². The van der Waals surface area contributed by atoms with Crippen molar-refractivity contribution in [2.45, 2.75) is 205 Å². The summed E-state index contributed by atoms with van der Waals surface area (Å²) in [7, 11) is 0. The summed E-state index contributed by atoms with van der Waals surface area (Å²) in [6, 6.07) is 0. The van der Waals surface area contributed by atoms with Crippen molar-refractivity contribution in [1.29, 1.82) is 0 Å². The Bertz CT molecular complexity index is 1040. The Kier molecular flexibility index (Phi) is 33.2. The minimum absolute atomic E-state index is 0.220. The number of aliphatic hydroxyl groups is 4. The van der Waals surface area contributed by atoms with Crippen LogP contribution in [0.15, 0.2) is 48.6 Å². The normalized spacial score (nSPS) is 21.0. The maximum atomic E-state index is 12.7. The van der Waals surface area contributed by atoms with Gasteiger partial charge in [-0.3, -0.25) is 9.59 Å². The monoisotopic (exact) mass is 779 g/mol. The first kappa shape index (κ1) is 50.7. The zero-order valence-corrected chi connectivity index (χ0v) is 34.4. The van der Waals surface area contributed by atoms with Crippen LogP contribution >= 0.6 is 0 Å². The Morgan fingerprint density at radius 2 is 1.07 bits per heavy atom. The molecule has 0 radical (unpaired) electrons.